The smallest absolute Gasteiger partial charge is 0.244 e. The number of carbonyl (C=O) groups is 1. The van der Waals surface area contributed by atoms with E-state index in [2.05, 4.69) is 4.72 Å². The molecule has 0 bridgehead atoms. The summed E-state index contributed by atoms with van der Waals surface area (Å²) in [5.74, 6) is -0.165. The molecule has 1 amide bonds. The summed E-state index contributed by atoms with van der Waals surface area (Å²) in [5.41, 5.74) is 0.456. The van der Waals surface area contributed by atoms with Crippen molar-refractivity contribution < 1.29 is 31.1 Å². The molecular weight excluding hydrogens is 444 g/mol. The Labute approximate surface area is 182 Å². The van der Waals surface area contributed by atoms with E-state index in [1.807, 2.05) is 0 Å². The lowest BCUT2D eigenvalue weighted by Crippen LogP contribution is -2.31. The molecule has 1 saturated heterocycles. The van der Waals surface area contributed by atoms with Crippen molar-refractivity contribution in [2.45, 2.75) is 18.7 Å². The van der Waals surface area contributed by atoms with Crippen LogP contribution in [0.5, 0.6) is 11.5 Å². The Kier molecular flexibility index (Phi) is 6.58. The molecule has 0 aliphatic carbocycles. The number of carbonyl (C=O) groups excluding carboxylic acids is 1. The van der Waals surface area contributed by atoms with E-state index in [0.717, 1.165) is 4.31 Å². The van der Waals surface area contributed by atoms with Gasteiger partial charge in [-0.1, -0.05) is 6.92 Å². The zero-order valence-corrected chi connectivity index (χ0v) is 19.0. The van der Waals surface area contributed by atoms with Crippen LogP contribution < -0.4 is 18.5 Å². The van der Waals surface area contributed by atoms with E-state index in [-0.39, 0.29) is 29.5 Å². The van der Waals surface area contributed by atoms with Gasteiger partial charge in [0.25, 0.3) is 0 Å². The molecule has 2 aromatic rings. The van der Waals surface area contributed by atoms with E-state index in [9.17, 15) is 21.6 Å². The first-order chi connectivity index (χ1) is 14.5. The fourth-order valence-corrected chi connectivity index (χ4v) is 6.29. The van der Waals surface area contributed by atoms with Crippen LogP contribution in [0.3, 0.4) is 0 Å². The van der Waals surface area contributed by atoms with Gasteiger partial charge in [0.15, 0.2) is 0 Å². The highest BCUT2D eigenvalue weighted by molar-refractivity contribution is 7.94. The summed E-state index contributed by atoms with van der Waals surface area (Å²) in [7, 11) is -6.05. The fraction of sp³-hybridized carbons (Fsp3) is 0.350. The third kappa shape index (κ3) is 5.00. The molecule has 1 fully saturated rings. The quantitative estimate of drug-likeness (QED) is 0.585. The summed E-state index contributed by atoms with van der Waals surface area (Å²) in [6, 6.07) is 10.9. The molecule has 1 atom stereocenters. The monoisotopic (exact) mass is 468 g/mol. The van der Waals surface area contributed by atoms with Crippen molar-refractivity contribution in [3.63, 3.8) is 0 Å². The van der Waals surface area contributed by atoms with Crippen molar-refractivity contribution in [2.24, 2.45) is 5.92 Å². The highest BCUT2D eigenvalue weighted by Crippen LogP contribution is 2.30. The van der Waals surface area contributed by atoms with Crippen LogP contribution in [0.15, 0.2) is 47.4 Å². The van der Waals surface area contributed by atoms with Crippen LogP contribution in [-0.2, 0) is 24.8 Å². The largest absolute Gasteiger partial charge is 0.497 e. The third-order valence-electron chi connectivity index (χ3n) is 4.77. The second kappa shape index (κ2) is 8.85. The molecule has 11 heteroatoms. The Bertz CT molecular complexity index is 1180. The Morgan fingerprint density at radius 2 is 1.77 bits per heavy atom. The third-order valence-corrected chi connectivity index (χ3v) is 8.25. The van der Waals surface area contributed by atoms with Gasteiger partial charge in [0.05, 0.1) is 29.4 Å². The van der Waals surface area contributed by atoms with Gasteiger partial charge in [-0.3, -0.25) is 4.79 Å². The first-order valence-electron chi connectivity index (χ1n) is 9.49. The summed E-state index contributed by atoms with van der Waals surface area (Å²) in [6.45, 7) is 3.24. The van der Waals surface area contributed by atoms with Gasteiger partial charge in [0, 0.05) is 6.54 Å². The average Bonchev–Trinajstić information content (AvgIpc) is 2.92. The molecule has 168 valence electrons. The Morgan fingerprint density at radius 1 is 1.13 bits per heavy atom. The van der Waals surface area contributed by atoms with E-state index >= 15 is 0 Å². The number of nitrogens with one attached hydrogen (secondary N) is 1. The van der Waals surface area contributed by atoms with Crippen LogP contribution in [0.1, 0.15) is 12.5 Å². The maximum Gasteiger partial charge on any atom is 0.244 e. The molecule has 0 spiro atoms. The minimum atomic E-state index is -3.85. The molecule has 2 aromatic carbocycles. The lowest BCUT2D eigenvalue weighted by molar-refractivity contribution is -0.119. The lowest BCUT2D eigenvalue weighted by Gasteiger charge is -2.17. The van der Waals surface area contributed by atoms with Crippen LogP contribution >= 0.6 is 0 Å². The molecule has 31 heavy (non-hydrogen) atoms. The van der Waals surface area contributed by atoms with E-state index in [1.165, 1.54) is 18.2 Å². The predicted molar refractivity (Wildman–Crippen MR) is 115 cm³/mol. The molecule has 1 N–H and O–H groups in total. The van der Waals surface area contributed by atoms with Crippen LogP contribution in [-0.4, -0.2) is 48.8 Å². The second-order valence-corrected chi connectivity index (χ2v) is 10.8. The van der Waals surface area contributed by atoms with Crippen molar-refractivity contribution in [3.8, 4) is 11.5 Å². The number of rotatable bonds is 8. The second-order valence-electron chi connectivity index (χ2n) is 7.15. The summed E-state index contributed by atoms with van der Waals surface area (Å²) in [6.07, 6.45) is 0. The number of hydrogen-bond acceptors (Lipinski definition) is 7. The molecule has 1 heterocycles. The van der Waals surface area contributed by atoms with Crippen LogP contribution in [0.25, 0.3) is 0 Å². The summed E-state index contributed by atoms with van der Waals surface area (Å²) in [4.78, 5) is 12.2. The van der Waals surface area contributed by atoms with Crippen LogP contribution in [0.2, 0.25) is 0 Å². The number of ether oxygens (including phenoxy) is 2. The molecule has 9 nitrogen and oxygen atoms in total. The Hall–Kier alpha value is -2.63. The first kappa shape index (κ1) is 23.0. The number of hydrogen-bond donors (Lipinski definition) is 1. The molecule has 0 saturated carbocycles. The minimum absolute atomic E-state index is 0.00205. The van der Waals surface area contributed by atoms with Crippen molar-refractivity contribution in [1.29, 1.82) is 0 Å². The SMILES string of the molecule is COc1ccc(OCCNS(=O)(=O)c2ccc(N3C(=O)C(C)CS3(=O)=O)cc2C)cc1. The number of benzene rings is 2. The predicted octanol–water partition coefficient (Wildman–Crippen LogP) is 1.67. The van der Waals surface area contributed by atoms with E-state index in [1.54, 1.807) is 45.2 Å². The van der Waals surface area contributed by atoms with Gasteiger partial charge >= 0.3 is 0 Å². The van der Waals surface area contributed by atoms with E-state index in [4.69, 9.17) is 9.47 Å². The number of nitrogens with zero attached hydrogens (tertiary/aromatic N) is 1. The topological polar surface area (TPSA) is 119 Å². The maximum absolute atomic E-state index is 12.6. The standard InChI is InChI=1S/C20H24N2O7S2/c1-14-12-16(22-20(23)15(2)13-30(22,24)25)4-9-19(14)31(26,27)21-10-11-29-18-7-5-17(28-3)6-8-18/h4-9,12,15,21H,10-11,13H2,1-3H3. The number of amides is 1. The maximum atomic E-state index is 12.6. The first-order valence-corrected chi connectivity index (χ1v) is 12.6. The zero-order valence-electron chi connectivity index (χ0n) is 17.4. The van der Waals surface area contributed by atoms with Crippen molar-refractivity contribution in [3.05, 3.63) is 48.0 Å². The van der Waals surface area contributed by atoms with Gasteiger partial charge < -0.3 is 9.47 Å². The molecule has 3 rings (SSSR count). The van der Waals surface area contributed by atoms with E-state index in [0.29, 0.717) is 17.1 Å². The van der Waals surface area contributed by atoms with Crippen molar-refractivity contribution in [1.82, 2.24) is 4.72 Å². The fourth-order valence-electron chi connectivity index (χ4n) is 3.24. The molecule has 1 unspecified atom stereocenters. The lowest BCUT2D eigenvalue weighted by atomic mass is 10.2. The molecular formula is C20H24N2O7S2. The molecule has 1 aliphatic heterocycles. The van der Waals surface area contributed by atoms with Gasteiger partial charge in [-0.15, -0.1) is 0 Å². The average molecular weight is 469 g/mol. The number of methoxy groups -OCH3 is 1. The highest BCUT2D eigenvalue weighted by atomic mass is 32.2. The van der Waals surface area contributed by atoms with Gasteiger partial charge in [0.1, 0.15) is 18.1 Å². The zero-order chi connectivity index (χ0) is 22.8. The van der Waals surface area contributed by atoms with Crippen LogP contribution in [0.4, 0.5) is 5.69 Å². The van der Waals surface area contributed by atoms with E-state index < -0.39 is 31.9 Å². The molecule has 1 aliphatic rings. The minimum Gasteiger partial charge on any atom is -0.497 e. The number of sulfonamides is 2. The summed E-state index contributed by atoms with van der Waals surface area (Å²) >= 11 is 0. The molecule has 0 radical (unpaired) electrons. The van der Waals surface area contributed by atoms with Crippen molar-refractivity contribution in [2.75, 3.05) is 30.3 Å². The molecule has 0 aromatic heterocycles. The highest BCUT2D eigenvalue weighted by Gasteiger charge is 2.42. The van der Waals surface area contributed by atoms with Gasteiger partial charge in [-0.25, -0.2) is 25.9 Å². The number of anilines is 1. The van der Waals surface area contributed by atoms with Crippen molar-refractivity contribution >= 4 is 31.6 Å². The number of aryl methyl sites for hydroxylation is 1. The summed E-state index contributed by atoms with van der Waals surface area (Å²) in [5, 5.41) is 0. The summed E-state index contributed by atoms with van der Waals surface area (Å²) < 4.78 is 63.6. The van der Waals surface area contributed by atoms with Gasteiger partial charge in [-0.2, -0.15) is 0 Å². The van der Waals surface area contributed by atoms with Crippen LogP contribution in [0, 0.1) is 12.8 Å². The van der Waals surface area contributed by atoms with Gasteiger partial charge in [0.2, 0.25) is 26.0 Å². The normalized spacial score (nSPS) is 18.2. The Morgan fingerprint density at radius 3 is 2.32 bits per heavy atom. The Balaban J connectivity index is 1.66. The van der Waals surface area contributed by atoms with Gasteiger partial charge in [-0.05, 0) is 55.0 Å².